The molecule has 1 aliphatic carbocycles. The van der Waals surface area contributed by atoms with E-state index >= 15 is 0 Å². The van der Waals surface area contributed by atoms with Gasteiger partial charge in [0.2, 0.25) is 0 Å². The molecule has 2 saturated heterocycles. The maximum atomic E-state index is 12.8. The van der Waals surface area contributed by atoms with E-state index in [0.29, 0.717) is 18.2 Å². The average molecular weight is 423 g/mol. The Morgan fingerprint density at radius 2 is 1.77 bits per heavy atom. The Morgan fingerprint density at radius 1 is 1.00 bits per heavy atom. The Labute approximate surface area is 179 Å². The number of hydrogen-bond donors (Lipinski definition) is 0. The van der Waals surface area contributed by atoms with Crippen LogP contribution in [0.4, 0.5) is 8.78 Å². The second-order valence-corrected chi connectivity index (χ2v) is 9.23. The molecule has 1 aromatic rings. The molecule has 3 aliphatic rings. The van der Waals surface area contributed by atoms with Crippen molar-refractivity contribution in [3.63, 3.8) is 0 Å². The van der Waals surface area contributed by atoms with Crippen molar-refractivity contribution in [1.82, 2.24) is 9.80 Å². The minimum absolute atomic E-state index is 0.256. The summed E-state index contributed by atoms with van der Waals surface area (Å²) in [5.74, 6) is 0.952. The Balaban J connectivity index is 1.37. The number of halogens is 2. The molecule has 4 rings (SSSR count). The summed E-state index contributed by atoms with van der Waals surface area (Å²) in [6.45, 7) is 2.95. The number of hydrogen-bond acceptors (Lipinski definition) is 4. The van der Waals surface area contributed by atoms with E-state index in [1.165, 1.54) is 51.6 Å². The van der Waals surface area contributed by atoms with Gasteiger partial charge in [0.25, 0.3) is 0 Å². The van der Waals surface area contributed by atoms with Crippen molar-refractivity contribution in [3.8, 4) is 5.75 Å². The first-order chi connectivity index (χ1) is 14.7. The van der Waals surface area contributed by atoms with Crippen LogP contribution in [-0.2, 0) is 11.3 Å². The molecule has 4 nitrogen and oxygen atoms in total. The normalized spacial score (nSPS) is 24.3. The van der Waals surface area contributed by atoms with Gasteiger partial charge in [-0.2, -0.15) is 8.78 Å². The van der Waals surface area contributed by atoms with E-state index in [2.05, 4.69) is 9.80 Å². The number of ether oxygens (including phenoxy) is 2. The molecule has 2 heterocycles. The molecule has 0 N–H and O–H groups in total. The number of likely N-dealkylation sites (tertiary alicyclic amines) is 1. The second-order valence-electron chi connectivity index (χ2n) is 9.23. The highest BCUT2D eigenvalue weighted by atomic mass is 19.3. The lowest BCUT2D eigenvalue weighted by Crippen LogP contribution is -2.43. The van der Waals surface area contributed by atoms with Crippen LogP contribution >= 0.6 is 0 Å². The molecule has 0 spiro atoms. The van der Waals surface area contributed by atoms with Gasteiger partial charge in [0.1, 0.15) is 5.75 Å². The van der Waals surface area contributed by atoms with Crippen molar-refractivity contribution >= 4 is 0 Å². The quantitative estimate of drug-likeness (QED) is 0.564. The zero-order valence-electron chi connectivity index (χ0n) is 18.0. The molecule has 3 fully saturated rings. The summed E-state index contributed by atoms with van der Waals surface area (Å²) in [6.07, 6.45) is 10.4. The number of benzene rings is 1. The predicted molar refractivity (Wildman–Crippen MR) is 114 cm³/mol. The third-order valence-electron chi connectivity index (χ3n) is 7.08. The van der Waals surface area contributed by atoms with Crippen LogP contribution in [0.15, 0.2) is 24.3 Å². The van der Waals surface area contributed by atoms with Crippen molar-refractivity contribution in [2.75, 3.05) is 32.8 Å². The van der Waals surface area contributed by atoms with Crippen molar-refractivity contribution in [2.24, 2.45) is 5.92 Å². The van der Waals surface area contributed by atoms with Crippen molar-refractivity contribution in [1.29, 1.82) is 0 Å². The van der Waals surface area contributed by atoms with Gasteiger partial charge in [0.05, 0.1) is 6.10 Å². The number of piperidine rings is 1. The smallest absolute Gasteiger partial charge is 0.387 e. The van der Waals surface area contributed by atoms with Gasteiger partial charge < -0.3 is 14.4 Å². The molecule has 0 aromatic heterocycles. The van der Waals surface area contributed by atoms with Gasteiger partial charge >= 0.3 is 6.61 Å². The van der Waals surface area contributed by atoms with Crippen molar-refractivity contribution in [2.45, 2.75) is 76.7 Å². The molecule has 2 aliphatic heterocycles. The van der Waals surface area contributed by atoms with Crippen LogP contribution in [0.5, 0.6) is 5.75 Å². The van der Waals surface area contributed by atoms with Gasteiger partial charge in [-0.05, 0) is 63.6 Å². The molecule has 30 heavy (non-hydrogen) atoms. The minimum Gasteiger partial charge on any atom is -0.434 e. The Bertz CT molecular complexity index is 640. The van der Waals surface area contributed by atoms with Crippen LogP contribution in [0.2, 0.25) is 0 Å². The minimum atomic E-state index is -2.79. The molecule has 1 aromatic carbocycles. The number of rotatable bonds is 9. The van der Waals surface area contributed by atoms with Gasteiger partial charge in [0, 0.05) is 37.8 Å². The van der Waals surface area contributed by atoms with E-state index in [0.717, 1.165) is 44.1 Å². The lowest BCUT2D eigenvalue weighted by Gasteiger charge is -2.38. The van der Waals surface area contributed by atoms with E-state index in [1.54, 1.807) is 12.1 Å². The van der Waals surface area contributed by atoms with Gasteiger partial charge in [-0.25, -0.2) is 0 Å². The summed E-state index contributed by atoms with van der Waals surface area (Å²) in [4.78, 5) is 5.12. The number of para-hydroxylation sites is 1. The summed E-state index contributed by atoms with van der Waals surface area (Å²) in [5, 5.41) is 0. The molecule has 0 radical (unpaired) electrons. The first-order valence-corrected chi connectivity index (χ1v) is 11.8. The lowest BCUT2D eigenvalue weighted by molar-refractivity contribution is -0.0509. The molecule has 0 amide bonds. The monoisotopic (exact) mass is 422 g/mol. The van der Waals surface area contributed by atoms with Crippen molar-refractivity contribution in [3.05, 3.63) is 29.8 Å². The molecule has 0 bridgehead atoms. The van der Waals surface area contributed by atoms with Gasteiger partial charge in [-0.3, -0.25) is 4.90 Å². The van der Waals surface area contributed by atoms with E-state index in [4.69, 9.17) is 9.47 Å². The zero-order valence-corrected chi connectivity index (χ0v) is 18.0. The second kappa shape index (κ2) is 10.9. The Hall–Kier alpha value is -1.24. The number of nitrogens with zero attached hydrogens (tertiary/aromatic N) is 2. The highest BCUT2D eigenvalue weighted by molar-refractivity contribution is 5.33. The fraction of sp³-hybridized carbons (Fsp3) is 0.750. The van der Waals surface area contributed by atoms with E-state index in [9.17, 15) is 8.78 Å². The zero-order chi connectivity index (χ0) is 20.8. The highest BCUT2D eigenvalue weighted by Crippen LogP contribution is 2.29. The molecule has 1 unspecified atom stereocenters. The molecule has 168 valence electrons. The third-order valence-corrected chi connectivity index (χ3v) is 7.08. The van der Waals surface area contributed by atoms with Crippen LogP contribution < -0.4 is 4.74 Å². The molecule has 1 atom stereocenters. The Morgan fingerprint density at radius 3 is 2.47 bits per heavy atom. The average Bonchev–Trinajstić information content (AvgIpc) is 3.44. The summed E-state index contributed by atoms with van der Waals surface area (Å²) in [5.41, 5.74) is 0.833. The maximum Gasteiger partial charge on any atom is 0.387 e. The van der Waals surface area contributed by atoms with Gasteiger partial charge in [0.15, 0.2) is 0 Å². The van der Waals surface area contributed by atoms with E-state index in [-0.39, 0.29) is 6.10 Å². The van der Waals surface area contributed by atoms with Crippen molar-refractivity contribution < 1.29 is 18.3 Å². The molecule has 1 saturated carbocycles. The van der Waals surface area contributed by atoms with Gasteiger partial charge in [-0.15, -0.1) is 0 Å². The molecule has 6 heteroatoms. The maximum absolute atomic E-state index is 12.8. The fourth-order valence-electron chi connectivity index (χ4n) is 5.50. The van der Waals surface area contributed by atoms with Gasteiger partial charge in [-0.1, -0.05) is 31.0 Å². The summed E-state index contributed by atoms with van der Waals surface area (Å²) < 4.78 is 36.4. The topological polar surface area (TPSA) is 24.9 Å². The van der Waals surface area contributed by atoms with Crippen LogP contribution in [0.1, 0.15) is 56.9 Å². The largest absolute Gasteiger partial charge is 0.434 e. The standard InChI is InChI=1S/C24H36F2N2O2/c25-24(26)30-23-10-4-1-6-20(23)17-27(18-22-9-5-15-29-22)16-19-11-13-28(14-12-19)21-7-2-3-8-21/h1,4,6,10,19,21-22,24H,2-3,5,7-9,11-18H2. The van der Waals surface area contributed by atoms with E-state index < -0.39 is 6.61 Å². The molecular weight excluding hydrogens is 386 g/mol. The summed E-state index contributed by atoms with van der Waals surface area (Å²) >= 11 is 0. The highest BCUT2D eigenvalue weighted by Gasteiger charge is 2.29. The summed E-state index contributed by atoms with van der Waals surface area (Å²) in [7, 11) is 0. The van der Waals surface area contributed by atoms with Crippen LogP contribution in [0.3, 0.4) is 0 Å². The fourth-order valence-corrected chi connectivity index (χ4v) is 5.50. The number of alkyl halides is 2. The Kier molecular flexibility index (Phi) is 7.96. The SMILES string of the molecule is FC(F)Oc1ccccc1CN(CC1CCN(C2CCCC2)CC1)CC1CCCO1. The predicted octanol–water partition coefficient (Wildman–Crippen LogP) is 4.92. The van der Waals surface area contributed by atoms with Crippen LogP contribution in [0.25, 0.3) is 0 Å². The lowest BCUT2D eigenvalue weighted by atomic mass is 9.94. The third kappa shape index (κ3) is 6.14. The summed E-state index contributed by atoms with van der Waals surface area (Å²) in [6, 6.07) is 8.02. The first kappa shape index (κ1) is 22.0. The van der Waals surface area contributed by atoms with Crippen LogP contribution in [-0.4, -0.2) is 61.3 Å². The van der Waals surface area contributed by atoms with E-state index in [1.807, 2.05) is 12.1 Å². The van der Waals surface area contributed by atoms with Crippen LogP contribution in [0, 0.1) is 5.92 Å². The molecular formula is C24H36F2N2O2. The first-order valence-electron chi connectivity index (χ1n) is 11.8.